The van der Waals surface area contributed by atoms with Gasteiger partial charge in [0.05, 0.1) is 52.3 Å². The molecular weight excluding hydrogens is 811 g/mol. The van der Waals surface area contributed by atoms with E-state index in [0.29, 0.717) is 83.9 Å². The molecule has 5 aliphatic rings. The summed E-state index contributed by atoms with van der Waals surface area (Å²) in [4.78, 5) is 33.6. The predicted octanol–water partition coefficient (Wildman–Crippen LogP) is 4.19. The van der Waals surface area contributed by atoms with E-state index >= 15 is 0 Å². The van der Waals surface area contributed by atoms with Gasteiger partial charge in [0.25, 0.3) is 0 Å². The summed E-state index contributed by atoms with van der Waals surface area (Å²) in [5.41, 5.74) is 1.30. The van der Waals surface area contributed by atoms with Gasteiger partial charge in [0.2, 0.25) is 17.7 Å². The number of benzene rings is 1. The van der Waals surface area contributed by atoms with Gasteiger partial charge in [0, 0.05) is 107 Å². The Labute approximate surface area is 372 Å². The van der Waals surface area contributed by atoms with Gasteiger partial charge >= 0.3 is 0 Å². The van der Waals surface area contributed by atoms with Gasteiger partial charge in [-0.25, -0.2) is 8.78 Å². The van der Waals surface area contributed by atoms with Crippen LogP contribution in [0.3, 0.4) is 0 Å². The first kappa shape index (κ1) is 47.4. The molecule has 1 aromatic heterocycles. The third-order valence-corrected chi connectivity index (χ3v) is 14.4. The standard InChI is InChI=1S/C47H70F2N8O6/c1-3-27-60-29-31-62-33-34-63-32-30-61-28-26-55-24-22-54(23-25-55)21-19-50-44(58)11-7-10-43-53-52-36(2)57(43)42-35-41-47(42)18-14-40(47)56(41)20-15-39(37-8-5-4-6-9-37)51-45(59)38-12-16-46(48,49)17-13-38/h1,4-6,8-9,38-42H,7,10-35H2,2H3,(H,50,58)(H,51,59)/t39-,40?,41?,42?,47?/m0/s1. The van der Waals surface area contributed by atoms with Crippen molar-refractivity contribution in [1.82, 2.24) is 40.1 Å². The van der Waals surface area contributed by atoms with E-state index in [2.05, 4.69) is 46.0 Å². The zero-order chi connectivity index (χ0) is 44.1. The highest BCUT2D eigenvalue weighted by Crippen LogP contribution is 2.73. The number of piperazine rings is 1. The van der Waals surface area contributed by atoms with Gasteiger partial charge < -0.3 is 34.1 Å². The number of halogens is 2. The highest BCUT2D eigenvalue weighted by molar-refractivity contribution is 5.79. The molecule has 2 saturated heterocycles. The summed E-state index contributed by atoms with van der Waals surface area (Å²) in [7, 11) is 0. The summed E-state index contributed by atoms with van der Waals surface area (Å²) in [6, 6.07) is 11.3. The molecule has 2 amide bonds. The minimum atomic E-state index is -2.65. The second-order valence-electron chi connectivity index (χ2n) is 18.1. The van der Waals surface area contributed by atoms with Crippen molar-refractivity contribution < 1.29 is 37.3 Å². The molecule has 2 aromatic rings. The molecule has 0 bridgehead atoms. The number of nitrogens with zero attached hydrogens (tertiary/aromatic N) is 6. The highest BCUT2D eigenvalue weighted by atomic mass is 19.3. The third kappa shape index (κ3) is 12.2. The first-order valence-corrected chi connectivity index (χ1v) is 23.5. The van der Waals surface area contributed by atoms with Crippen molar-refractivity contribution in [2.24, 2.45) is 11.3 Å². The van der Waals surface area contributed by atoms with E-state index in [9.17, 15) is 18.4 Å². The van der Waals surface area contributed by atoms with Crippen LogP contribution in [0.4, 0.5) is 8.78 Å². The molecule has 0 radical (unpaired) electrons. The Balaban J connectivity index is 0.754. The van der Waals surface area contributed by atoms with Crippen LogP contribution < -0.4 is 10.6 Å². The van der Waals surface area contributed by atoms with Gasteiger partial charge in [-0.3, -0.25) is 24.3 Å². The molecule has 3 saturated carbocycles. The van der Waals surface area contributed by atoms with Crippen LogP contribution in [-0.4, -0.2) is 164 Å². The van der Waals surface area contributed by atoms with Crippen molar-refractivity contribution in [3.8, 4) is 12.3 Å². The van der Waals surface area contributed by atoms with E-state index < -0.39 is 5.92 Å². The Bertz CT molecular complexity index is 1770. The number of nitrogens with one attached hydrogen (secondary N) is 2. The van der Waals surface area contributed by atoms with Crippen molar-refractivity contribution in [3.05, 3.63) is 47.5 Å². The third-order valence-electron chi connectivity index (χ3n) is 14.4. The monoisotopic (exact) mass is 881 g/mol. The Morgan fingerprint density at radius 3 is 2.16 bits per heavy atom. The topological polar surface area (TPSA) is 136 Å². The van der Waals surface area contributed by atoms with Gasteiger partial charge in [-0.15, -0.1) is 16.6 Å². The molecule has 3 aliphatic carbocycles. The molecule has 2 aliphatic heterocycles. The van der Waals surface area contributed by atoms with E-state index in [-0.39, 0.29) is 54.9 Å². The van der Waals surface area contributed by atoms with Crippen LogP contribution in [0.15, 0.2) is 30.3 Å². The van der Waals surface area contributed by atoms with Gasteiger partial charge in [-0.05, 0) is 57.4 Å². The van der Waals surface area contributed by atoms with Gasteiger partial charge in [0.1, 0.15) is 18.3 Å². The largest absolute Gasteiger partial charge is 0.378 e. The quantitative estimate of drug-likeness (QED) is 0.0989. The molecule has 5 atom stereocenters. The number of amides is 2. The average Bonchev–Trinajstić information content (AvgIpc) is 3.62. The Morgan fingerprint density at radius 1 is 0.841 bits per heavy atom. The number of ether oxygens (including phenoxy) is 4. The number of aromatic nitrogens is 3. The van der Waals surface area contributed by atoms with Crippen LogP contribution in [0.5, 0.6) is 0 Å². The lowest BCUT2D eigenvalue weighted by Crippen LogP contribution is -2.85. The van der Waals surface area contributed by atoms with Crippen molar-refractivity contribution in [2.75, 3.05) is 105 Å². The van der Waals surface area contributed by atoms with Crippen LogP contribution in [0.1, 0.15) is 93.5 Å². The molecule has 7 rings (SSSR count). The molecular formula is C47H70F2N8O6. The maximum Gasteiger partial charge on any atom is 0.248 e. The van der Waals surface area contributed by atoms with E-state index in [4.69, 9.17) is 25.4 Å². The fourth-order valence-electron chi connectivity index (χ4n) is 10.7. The van der Waals surface area contributed by atoms with Crippen LogP contribution in [0.25, 0.3) is 0 Å². The minimum absolute atomic E-state index is 0.0806. The fraction of sp³-hybridized carbons (Fsp3) is 0.745. The van der Waals surface area contributed by atoms with E-state index in [1.54, 1.807) is 0 Å². The smallest absolute Gasteiger partial charge is 0.248 e. The van der Waals surface area contributed by atoms with Crippen molar-refractivity contribution in [3.63, 3.8) is 0 Å². The lowest BCUT2D eigenvalue weighted by molar-refractivity contribution is -0.295. The molecule has 4 unspecified atom stereocenters. The Hall–Kier alpha value is -3.56. The normalized spacial score (nSPS) is 25.1. The number of hydrogen-bond acceptors (Lipinski definition) is 11. The molecule has 14 nitrogen and oxygen atoms in total. The Kier molecular flexibility index (Phi) is 17.4. The Morgan fingerprint density at radius 2 is 1.51 bits per heavy atom. The number of piperidine rings is 2. The summed E-state index contributed by atoms with van der Waals surface area (Å²) in [6.45, 7) is 13.4. The lowest BCUT2D eigenvalue weighted by Gasteiger charge is -2.80. The van der Waals surface area contributed by atoms with Gasteiger partial charge in [-0.2, -0.15) is 0 Å². The van der Waals surface area contributed by atoms with E-state index in [1.807, 2.05) is 37.3 Å². The number of alkyl halides is 2. The maximum absolute atomic E-state index is 13.8. The van der Waals surface area contributed by atoms with Gasteiger partial charge in [-0.1, -0.05) is 36.3 Å². The summed E-state index contributed by atoms with van der Waals surface area (Å²) in [6.07, 6.45) is 11.3. The maximum atomic E-state index is 13.8. The van der Waals surface area contributed by atoms with Crippen molar-refractivity contribution in [2.45, 2.75) is 108 Å². The fourth-order valence-corrected chi connectivity index (χ4v) is 10.7. The van der Waals surface area contributed by atoms with Crippen LogP contribution >= 0.6 is 0 Å². The summed E-state index contributed by atoms with van der Waals surface area (Å²) in [5.74, 6) is 1.31. The number of carbonyl (C=O) groups is 2. The molecule has 348 valence electrons. The second-order valence-corrected chi connectivity index (χ2v) is 18.1. The molecule has 1 aromatic carbocycles. The minimum Gasteiger partial charge on any atom is -0.378 e. The number of carbonyl (C=O) groups excluding carboxylic acids is 2. The summed E-state index contributed by atoms with van der Waals surface area (Å²) in [5, 5.41) is 15.5. The SMILES string of the molecule is C#CCOCCOCCOCCOCCN1CCN(CCNC(=O)CCCc2nnc(C)n2C2CC3N(CC[C@H](NC(=O)C4CCC(F)(F)CC4)c4ccccc4)C4CCC432)CC1. The molecule has 2 N–H and O–H groups in total. The molecule has 5 fully saturated rings. The lowest BCUT2D eigenvalue weighted by atomic mass is 9.40. The van der Waals surface area contributed by atoms with E-state index in [1.165, 1.54) is 6.42 Å². The van der Waals surface area contributed by atoms with Crippen LogP contribution in [-0.2, 0) is 35.0 Å². The number of likely N-dealkylation sites (tertiary alicyclic amines) is 1. The average molecular weight is 881 g/mol. The van der Waals surface area contributed by atoms with Crippen LogP contribution in [0, 0.1) is 30.6 Å². The zero-order valence-electron chi connectivity index (χ0n) is 37.3. The van der Waals surface area contributed by atoms with E-state index in [0.717, 1.165) is 95.1 Å². The number of aryl methyl sites for hydroxylation is 2. The first-order valence-electron chi connectivity index (χ1n) is 23.5. The molecule has 1 spiro atoms. The number of hydrogen-bond donors (Lipinski definition) is 2. The highest BCUT2D eigenvalue weighted by Gasteiger charge is 2.75. The van der Waals surface area contributed by atoms with Crippen LogP contribution in [0.2, 0.25) is 0 Å². The van der Waals surface area contributed by atoms with Crippen molar-refractivity contribution in [1.29, 1.82) is 0 Å². The molecule has 63 heavy (non-hydrogen) atoms. The second kappa shape index (κ2) is 23.1. The predicted molar refractivity (Wildman–Crippen MR) is 234 cm³/mol. The molecule has 16 heteroatoms. The number of terminal acetylenes is 1. The van der Waals surface area contributed by atoms with Crippen molar-refractivity contribution >= 4 is 11.8 Å². The summed E-state index contributed by atoms with van der Waals surface area (Å²) < 4.78 is 51.9. The molecule has 3 heterocycles. The zero-order valence-corrected chi connectivity index (χ0v) is 37.3. The first-order chi connectivity index (χ1) is 30.7. The summed E-state index contributed by atoms with van der Waals surface area (Å²) >= 11 is 0. The van der Waals surface area contributed by atoms with Gasteiger partial charge in [0.15, 0.2) is 0 Å². The number of rotatable bonds is 27.